The normalized spacial score (nSPS) is 11.3. The second-order valence-electron chi connectivity index (χ2n) is 5.45. The van der Waals surface area contributed by atoms with E-state index in [1.807, 2.05) is 0 Å². The topological polar surface area (TPSA) is 9.23 Å². The standard InChI is InChI=1S/C21H22OP/c1-2-18-22-23(19-12-6-3-7-13-19,20-14-8-4-9-15-20)21-16-10-5-11-17-21/h3-17H,2,18H2,1H3/q+1. The van der Waals surface area contributed by atoms with Gasteiger partial charge >= 0.3 is 0 Å². The highest BCUT2D eigenvalue weighted by Gasteiger charge is 2.47. The number of hydrogen-bond donors (Lipinski definition) is 0. The molecule has 0 amide bonds. The van der Waals surface area contributed by atoms with Crippen molar-refractivity contribution in [1.82, 2.24) is 0 Å². The van der Waals surface area contributed by atoms with E-state index in [1.54, 1.807) is 0 Å². The van der Waals surface area contributed by atoms with Gasteiger partial charge in [-0.2, -0.15) is 0 Å². The van der Waals surface area contributed by atoms with Gasteiger partial charge in [0.1, 0.15) is 15.9 Å². The maximum absolute atomic E-state index is 6.65. The van der Waals surface area contributed by atoms with Crippen LogP contribution in [0.3, 0.4) is 0 Å². The van der Waals surface area contributed by atoms with Crippen LogP contribution in [0.1, 0.15) is 13.3 Å². The fourth-order valence-electron chi connectivity index (χ4n) is 2.81. The Bertz CT molecular complexity index is 614. The van der Waals surface area contributed by atoms with E-state index >= 15 is 0 Å². The van der Waals surface area contributed by atoms with Crippen molar-refractivity contribution in [1.29, 1.82) is 0 Å². The Kier molecular flexibility index (Phi) is 5.23. The first kappa shape index (κ1) is 15.9. The van der Waals surface area contributed by atoms with Gasteiger partial charge in [-0.3, -0.25) is 0 Å². The molecule has 3 aromatic carbocycles. The zero-order valence-corrected chi connectivity index (χ0v) is 14.3. The Balaban J connectivity index is 2.25. The van der Waals surface area contributed by atoms with Crippen LogP contribution in [-0.4, -0.2) is 6.61 Å². The molecule has 2 heteroatoms. The minimum absolute atomic E-state index is 0.756. The SMILES string of the molecule is CCCO[P+](c1ccccc1)(c1ccccc1)c1ccccc1. The molecule has 0 aliphatic heterocycles. The molecule has 0 aliphatic carbocycles. The minimum Gasteiger partial charge on any atom is -0.222 e. The molecule has 0 unspecified atom stereocenters. The van der Waals surface area contributed by atoms with Gasteiger partial charge in [0, 0.05) is 0 Å². The van der Waals surface area contributed by atoms with E-state index in [-0.39, 0.29) is 0 Å². The van der Waals surface area contributed by atoms with E-state index in [4.69, 9.17) is 4.52 Å². The van der Waals surface area contributed by atoms with Crippen molar-refractivity contribution in [2.45, 2.75) is 13.3 Å². The lowest BCUT2D eigenvalue weighted by Gasteiger charge is -2.25. The summed E-state index contributed by atoms with van der Waals surface area (Å²) in [5.41, 5.74) is 0. The first-order valence-electron chi connectivity index (χ1n) is 8.08. The van der Waals surface area contributed by atoms with Crippen LogP contribution < -0.4 is 15.9 Å². The highest BCUT2D eigenvalue weighted by molar-refractivity contribution is 7.91. The molecule has 0 aromatic heterocycles. The summed E-state index contributed by atoms with van der Waals surface area (Å²) >= 11 is 0. The highest BCUT2D eigenvalue weighted by Crippen LogP contribution is 2.56. The van der Waals surface area contributed by atoms with Crippen molar-refractivity contribution in [3.8, 4) is 0 Å². The molecular formula is C21H22OP+. The summed E-state index contributed by atoms with van der Waals surface area (Å²) in [6.07, 6.45) is 1.01. The number of benzene rings is 3. The molecule has 0 saturated heterocycles. The Labute approximate surface area is 139 Å². The first-order chi connectivity index (χ1) is 11.4. The van der Waals surface area contributed by atoms with Crippen molar-refractivity contribution in [3.63, 3.8) is 0 Å². The zero-order valence-electron chi connectivity index (χ0n) is 13.4. The van der Waals surface area contributed by atoms with Gasteiger partial charge in [0.15, 0.2) is 0 Å². The average molecular weight is 321 g/mol. The van der Waals surface area contributed by atoms with Gasteiger partial charge in [-0.15, -0.1) is 0 Å². The van der Waals surface area contributed by atoms with Gasteiger partial charge in [-0.1, -0.05) is 61.5 Å². The van der Waals surface area contributed by atoms with E-state index in [0.717, 1.165) is 13.0 Å². The maximum atomic E-state index is 6.65. The third-order valence-electron chi connectivity index (χ3n) is 3.85. The van der Waals surface area contributed by atoms with E-state index in [2.05, 4.69) is 97.9 Å². The van der Waals surface area contributed by atoms with E-state index in [0.29, 0.717) is 0 Å². The second kappa shape index (κ2) is 7.55. The second-order valence-corrected chi connectivity index (χ2v) is 8.48. The molecule has 0 heterocycles. The quantitative estimate of drug-likeness (QED) is 0.614. The molecular weight excluding hydrogens is 299 g/mol. The molecule has 0 spiro atoms. The summed E-state index contributed by atoms with van der Waals surface area (Å²) in [4.78, 5) is 0. The summed E-state index contributed by atoms with van der Waals surface area (Å²) in [5, 5.41) is 3.81. The molecule has 3 aromatic rings. The van der Waals surface area contributed by atoms with Crippen LogP contribution in [0, 0.1) is 0 Å². The largest absolute Gasteiger partial charge is 0.242 e. The molecule has 0 bridgehead atoms. The molecule has 0 atom stereocenters. The molecule has 23 heavy (non-hydrogen) atoms. The minimum atomic E-state index is -2.07. The van der Waals surface area contributed by atoms with Crippen molar-refractivity contribution in [2.75, 3.05) is 6.61 Å². The predicted octanol–water partition coefficient (Wildman–Crippen LogP) is 4.32. The molecule has 0 N–H and O–H groups in total. The van der Waals surface area contributed by atoms with Crippen LogP contribution in [0.25, 0.3) is 0 Å². The van der Waals surface area contributed by atoms with E-state index < -0.39 is 7.49 Å². The van der Waals surface area contributed by atoms with Crippen molar-refractivity contribution in [2.24, 2.45) is 0 Å². The fraction of sp³-hybridized carbons (Fsp3) is 0.143. The van der Waals surface area contributed by atoms with Gasteiger partial charge < -0.3 is 0 Å². The molecule has 0 aliphatic rings. The predicted molar refractivity (Wildman–Crippen MR) is 101 cm³/mol. The average Bonchev–Trinajstić information content (AvgIpc) is 2.65. The third-order valence-corrected chi connectivity index (χ3v) is 7.49. The zero-order chi connectivity index (χ0) is 16.0. The summed E-state index contributed by atoms with van der Waals surface area (Å²) in [5.74, 6) is 0. The van der Waals surface area contributed by atoms with Gasteiger partial charge in [0.2, 0.25) is 7.49 Å². The summed E-state index contributed by atoms with van der Waals surface area (Å²) < 4.78 is 6.65. The fourth-order valence-corrected chi connectivity index (χ4v) is 6.39. The van der Waals surface area contributed by atoms with Gasteiger partial charge in [-0.05, 0) is 42.8 Å². The van der Waals surface area contributed by atoms with E-state index in [1.165, 1.54) is 15.9 Å². The lowest BCUT2D eigenvalue weighted by molar-refractivity contribution is 0.354. The molecule has 3 rings (SSSR count). The van der Waals surface area contributed by atoms with Crippen molar-refractivity contribution >= 4 is 23.4 Å². The number of hydrogen-bond acceptors (Lipinski definition) is 1. The summed E-state index contributed by atoms with van der Waals surface area (Å²) in [7, 11) is -2.07. The summed E-state index contributed by atoms with van der Waals surface area (Å²) in [6.45, 7) is 2.92. The molecule has 0 fully saturated rings. The smallest absolute Gasteiger partial charge is 0.222 e. The Morgan fingerprint density at radius 3 is 1.26 bits per heavy atom. The van der Waals surface area contributed by atoms with Crippen molar-refractivity contribution in [3.05, 3.63) is 91.0 Å². The monoisotopic (exact) mass is 321 g/mol. The van der Waals surface area contributed by atoms with Gasteiger partial charge in [0.05, 0.1) is 6.61 Å². The van der Waals surface area contributed by atoms with Crippen LogP contribution in [-0.2, 0) is 4.52 Å². The van der Waals surface area contributed by atoms with Crippen LogP contribution in [0.15, 0.2) is 91.0 Å². The first-order valence-corrected chi connectivity index (χ1v) is 9.79. The summed E-state index contributed by atoms with van der Waals surface area (Å²) in [6, 6.07) is 32.0. The molecule has 1 nitrogen and oxygen atoms in total. The van der Waals surface area contributed by atoms with Gasteiger partial charge in [0.25, 0.3) is 0 Å². The number of rotatable bonds is 6. The Hall–Kier alpha value is -1.95. The molecule has 0 radical (unpaired) electrons. The van der Waals surface area contributed by atoms with Crippen LogP contribution >= 0.6 is 7.49 Å². The highest BCUT2D eigenvalue weighted by atomic mass is 31.2. The van der Waals surface area contributed by atoms with E-state index in [9.17, 15) is 0 Å². The molecule has 0 saturated carbocycles. The Morgan fingerprint density at radius 2 is 0.957 bits per heavy atom. The lowest BCUT2D eigenvalue weighted by Crippen LogP contribution is -2.33. The van der Waals surface area contributed by atoms with Crippen LogP contribution in [0.5, 0.6) is 0 Å². The molecule has 116 valence electrons. The van der Waals surface area contributed by atoms with Gasteiger partial charge in [-0.25, -0.2) is 4.52 Å². The Morgan fingerprint density at radius 1 is 0.609 bits per heavy atom. The van der Waals surface area contributed by atoms with Crippen molar-refractivity contribution < 1.29 is 4.52 Å². The van der Waals surface area contributed by atoms with Crippen LogP contribution in [0.4, 0.5) is 0 Å². The lowest BCUT2D eigenvalue weighted by atomic mass is 10.4. The third kappa shape index (κ3) is 3.22. The van der Waals surface area contributed by atoms with Crippen LogP contribution in [0.2, 0.25) is 0 Å². The maximum Gasteiger partial charge on any atom is 0.242 e.